The van der Waals surface area contributed by atoms with Crippen molar-refractivity contribution >= 4 is 33.2 Å². The van der Waals surface area contributed by atoms with Gasteiger partial charge in [0.05, 0.1) is 12.1 Å². The van der Waals surface area contributed by atoms with Crippen LogP contribution in [0, 0.1) is 6.92 Å². The highest BCUT2D eigenvalue weighted by Crippen LogP contribution is 2.35. The van der Waals surface area contributed by atoms with Crippen LogP contribution in [0.2, 0.25) is 5.02 Å². The summed E-state index contributed by atoms with van der Waals surface area (Å²) in [5.74, 6) is 0.218. The Morgan fingerprint density at radius 1 is 1.45 bits per heavy atom. The SMILES string of the molecule is COc1cc(C)c(N2CC(S(N)(=O)=O)CC2=O)cc1Cl. The van der Waals surface area contributed by atoms with Crippen molar-refractivity contribution in [3.63, 3.8) is 0 Å². The number of carbonyl (C=O) groups excluding carboxylic acids is 1. The lowest BCUT2D eigenvalue weighted by Crippen LogP contribution is -2.32. The number of nitrogens with two attached hydrogens (primary N) is 1. The lowest BCUT2D eigenvalue weighted by Gasteiger charge is -2.20. The fraction of sp³-hybridized carbons (Fsp3) is 0.417. The number of rotatable bonds is 3. The summed E-state index contributed by atoms with van der Waals surface area (Å²) >= 11 is 6.05. The molecule has 2 N–H and O–H groups in total. The number of hydrogen-bond acceptors (Lipinski definition) is 4. The van der Waals surface area contributed by atoms with E-state index < -0.39 is 15.3 Å². The van der Waals surface area contributed by atoms with Crippen molar-refractivity contribution in [1.82, 2.24) is 0 Å². The lowest BCUT2D eigenvalue weighted by atomic mass is 10.1. The second-order valence-corrected chi connectivity index (χ2v) is 6.94. The van der Waals surface area contributed by atoms with Crippen LogP contribution in [-0.2, 0) is 14.8 Å². The van der Waals surface area contributed by atoms with E-state index in [9.17, 15) is 13.2 Å². The van der Waals surface area contributed by atoms with Crippen molar-refractivity contribution in [3.05, 3.63) is 22.7 Å². The van der Waals surface area contributed by atoms with Crippen LogP contribution < -0.4 is 14.8 Å². The Morgan fingerprint density at radius 2 is 2.10 bits per heavy atom. The Bertz CT molecular complexity index is 660. The van der Waals surface area contributed by atoms with E-state index >= 15 is 0 Å². The molecule has 1 atom stereocenters. The molecule has 0 saturated carbocycles. The first-order chi connectivity index (χ1) is 9.24. The van der Waals surface area contributed by atoms with Gasteiger partial charge in [0.15, 0.2) is 0 Å². The van der Waals surface area contributed by atoms with E-state index in [2.05, 4.69) is 0 Å². The third-order valence-corrected chi connectivity index (χ3v) is 4.86. The van der Waals surface area contributed by atoms with Crippen LogP contribution in [0.3, 0.4) is 0 Å². The number of carbonyl (C=O) groups is 1. The Hall–Kier alpha value is -1.31. The average molecular weight is 319 g/mol. The summed E-state index contributed by atoms with van der Waals surface area (Å²) in [6.45, 7) is 1.84. The normalized spacial score (nSPS) is 19.5. The van der Waals surface area contributed by atoms with E-state index in [1.807, 2.05) is 0 Å². The van der Waals surface area contributed by atoms with Crippen LogP contribution in [0.15, 0.2) is 12.1 Å². The molecule has 110 valence electrons. The number of aryl methyl sites for hydroxylation is 1. The van der Waals surface area contributed by atoms with Gasteiger partial charge in [0.2, 0.25) is 15.9 Å². The minimum Gasteiger partial charge on any atom is -0.495 e. The zero-order chi connectivity index (χ0) is 15.1. The average Bonchev–Trinajstić information content (AvgIpc) is 2.73. The van der Waals surface area contributed by atoms with Gasteiger partial charge in [-0.3, -0.25) is 4.79 Å². The molecule has 1 fully saturated rings. The largest absolute Gasteiger partial charge is 0.495 e. The molecule has 2 rings (SSSR count). The molecule has 1 aliphatic heterocycles. The third-order valence-electron chi connectivity index (χ3n) is 3.32. The molecule has 1 aromatic rings. The molecular formula is C12H15ClN2O4S. The number of amides is 1. The highest BCUT2D eigenvalue weighted by molar-refractivity contribution is 7.89. The number of halogens is 1. The van der Waals surface area contributed by atoms with Gasteiger partial charge in [0, 0.05) is 18.7 Å². The van der Waals surface area contributed by atoms with Gasteiger partial charge in [-0.15, -0.1) is 0 Å². The summed E-state index contributed by atoms with van der Waals surface area (Å²) in [4.78, 5) is 13.4. The molecule has 20 heavy (non-hydrogen) atoms. The van der Waals surface area contributed by atoms with E-state index in [4.69, 9.17) is 21.5 Å². The summed E-state index contributed by atoms with van der Waals surface area (Å²) in [7, 11) is -2.23. The Balaban J connectivity index is 2.38. The topological polar surface area (TPSA) is 89.7 Å². The van der Waals surface area contributed by atoms with Gasteiger partial charge in [0.25, 0.3) is 0 Å². The quantitative estimate of drug-likeness (QED) is 0.902. The highest BCUT2D eigenvalue weighted by Gasteiger charge is 2.37. The van der Waals surface area contributed by atoms with Gasteiger partial charge < -0.3 is 9.64 Å². The number of hydrogen-bond donors (Lipinski definition) is 1. The molecule has 1 aromatic carbocycles. The number of nitrogens with zero attached hydrogens (tertiary/aromatic N) is 1. The summed E-state index contributed by atoms with van der Waals surface area (Å²) in [5, 5.41) is 4.59. The molecule has 0 radical (unpaired) electrons. The predicted molar refractivity (Wildman–Crippen MR) is 76.6 cm³/mol. The van der Waals surface area contributed by atoms with Crippen molar-refractivity contribution in [2.45, 2.75) is 18.6 Å². The monoisotopic (exact) mass is 318 g/mol. The number of sulfonamides is 1. The summed E-state index contributed by atoms with van der Waals surface area (Å²) in [6.07, 6.45) is -0.109. The maximum atomic E-state index is 12.0. The van der Waals surface area contributed by atoms with Crippen LogP contribution in [0.5, 0.6) is 5.75 Å². The zero-order valence-electron chi connectivity index (χ0n) is 11.1. The van der Waals surface area contributed by atoms with Crippen LogP contribution in [0.1, 0.15) is 12.0 Å². The summed E-state index contributed by atoms with van der Waals surface area (Å²) in [5.41, 5.74) is 1.35. The maximum absolute atomic E-state index is 12.0. The molecule has 0 spiro atoms. The lowest BCUT2D eigenvalue weighted by molar-refractivity contribution is -0.117. The van der Waals surface area contributed by atoms with E-state index in [0.29, 0.717) is 16.5 Å². The molecule has 1 heterocycles. The van der Waals surface area contributed by atoms with Crippen molar-refractivity contribution in [2.24, 2.45) is 5.14 Å². The number of methoxy groups -OCH3 is 1. The van der Waals surface area contributed by atoms with Gasteiger partial charge in [-0.2, -0.15) is 0 Å². The number of benzene rings is 1. The zero-order valence-corrected chi connectivity index (χ0v) is 12.7. The molecule has 1 saturated heterocycles. The number of ether oxygens (including phenoxy) is 1. The summed E-state index contributed by atoms with van der Waals surface area (Å²) < 4.78 is 27.8. The minimum atomic E-state index is -3.73. The van der Waals surface area contributed by atoms with Gasteiger partial charge in [-0.1, -0.05) is 11.6 Å². The predicted octanol–water partition coefficient (Wildman–Crippen LogP) is 1.05. The second kappa shape index (κ2) is 5.23. The molecule has 6 nitrogen and oxygen atoms in total. The fourth-order valence-electron chi connectivity index (χ4n) is 2.22. The van der Waals surface area contributed by atoms with Crippen LogP contribution >= 0.6 is 11.6 Å². The van der Waals surface area contributed by atoms with E-state index in [-0.39, 0.29) is 18.9 Å². The van der Waals surface area contributed by atoms with E-state index in [1.165, 1.54) is 12.0 Å². The van der Waals surface area contributed by atoms with Crippen LogP contribution in [-0.4, -0.2) is 33.2 Å². The van der Waals surface area contributed by atoms with Gasteiger partial charge in [0.1, 0.15) is 11.0 Å². The molecule has 0 bridgehead atoms. The van der Waals surface area contributed by atoms with Crippen molar-refractivity contribution < 1.29 is 17.9 Å². The summed E-state index contributed by atoms with van der Waals surface area (Å²) in [6, 6.07) is 3.30. The first kappa shape index (κ1) is 15.1. The highest BCUT2D eigenvalue weighted by atomic mass is 35.5. The standard InChI is InChI=1S/C12H15ClN2O4S/c1-7-3-11(19-2)9(13)5-10(7)15-6-8(4-12(15)16)20(14,17)18/h3,5,8H,4,6H2,1-2H3,(H2,14,17,18). The molecular weight excluding hydrogens is 304 g/mol. The van der Waals surface area contributed by atoms with Crippen LogP contribution in [0.4, 0.5) is 5.69 Å². The second-order valence-electron chi connectivity index (χ2n) is 4.69. The number of primary sulfonamides is 1. The van der Waals surface area contributed by atoms with Crippen molar-refractivity contribution in [2.75, 3.05) is 18.6 Å². The molecule has 0 aliphatic carbocycles. The maximum Gasteiger partial charge on any atom is 0.228 e. The van der Waals surface area contributed by atoms with Crippen molar-refractivity contribution in [1.29, 1.82) is 0 Å². The molecule has 0 aromatic heterocycles. The van der Waals surface area contributed by atoms with Gasteiger partial charge in [-0.05, 0) is 24.6 Å². The minimum absolute atomic E-state index is 0.0428. The molecule has 8 heteroatoms. The smallest absolute Gasteiger partial charge is 0.228 e. The van der Waals surface area contributed by atoms with E-state index in [0.717, 1.165) is 5.56 Å². The van der Waals surface area contributed by atoms with Crippen molar-refractivity contribution in [3.8, 4) is 5.75 Å². The molecule has 1 amide bonds. The Kier molecular flexibility index (Phi) is 3.95. The van der Waals surface area contributed by atoms with Gasteiger partial charge >= 0.3 is 0 Å². The van der Waals surface area contributed by atoms with Gasteiger partial charge in [-0.25, -0.2) is 13.6 Å². The first-order valence-corrected chi connectivity index (χ1v) is 7.89. The Morgan fingerprint density at radius 3 is 2.60 bits per heavy atom. The fourth-order valence-corrected chi connectivity index (χ4v) is 3.19. The van der Waals surface area contributed by atoms with Crippen LogP contribution in [0.25, 0.3) is 0 Å². The third kappa shape index (κ3) is 2.74. The Labute approximate surface area is 122 Å². The molecule has 1 aliphatic rings. The molecule has 1 unspecified atom stereocenters. The first-order valence-electron chi connectivity index (χ1n) is 5.90. The number of anilines is 1. The van der Waals surface area contributed by atoms with E-state index in [1.54, 1.807) is 19.1 Å².